The number of carboxylic acid groups (broad SMARTS) is 1. The molecule has 1 aliphatic rings. The maximum atomic E-state index is 13.8. The molecule has 0 spiro atoms. The second-order valence-electron chi connectivity index (χ2n) is 3.53. The predicted octanol–water partition coefficient (Wildman–Crippen LogP) is 1.16. The van der Waals surface area contributed by atoms with E-state index in [2.05, 4.69) is 0 Å². The van der Waals surface area contributed by atoms with Gasteiger partial charge in [-0.15, -0.1) is 0 Å². The van der Waals surface area contributed by atoms with Crippen molar-refractivity contribution >= 4 is 17.6 Å². The van der Waals surface area contributed by atoms with E-state index in [4.69, 9.17) is 31.9 Å². The molecule has 0 fully saturated rings. The number of hydrogen-bond donors (Lipinski definition) is 2. The molecule has 17 heavy (non-hydrogen) atoms. The Labute approximate surface area is 101 Å². The van der Waals surface area contributed by atoms with Crippen LogP contribution in [-0.2, 0) is 11.2 Å². The second kappa shape index (κ2) is 4.38. The van der Waals surface area contributed by atoms with Gasteiger partial charge in [-0.1, -0.05) is 11.6 Å². The van der Waals surface area contributed by atoms with E-state index in [1.807, 2.05) is 0 Å². The third-order valence-corrected chi connectivity index (χ3v) is 2.66. The van der Waals surface area contributed by atoms with Gasteiger partial charge in [0.05, 0.1) is 5.02 Å². The van der Waals surface area contributed by atoms with Crippen molar-refractivity contribution in [3.8, 4) is 11.5 Å². The van der Waals surface area contributed by atoms with Crippen molar-refractivity contribution in [2.24, 2.45) is 5.73 Å². The van der Waals surface area contributed by atoms with E-state index in [-0.39, 0.29) is 29.5 Å². The zero-order chi connectivity index (χ0) is 12.6. The molecule has 1 heterocycles. The van der Waals surface area contributed by atoms with E-state index in [9.17, 15) is 9.18 Å². The summed E-state index contributed by atoms with van der Waals surface area (Å²) in [4.78, 5) is 10.6. The van der Waals surface area contributed by atoms with Crippen LogP contribution in [0.5, 0.6) is 11.5 Å². The monoisotopic (exact) mass is 261 g/mol. The SMILES string of the molecule is NC(Cc1c(F)c(Cl)cc2c1OCO2)C(=O)O. The largest absolute Gasteiger partial charge is 0.480 e. The molecular formula is C10H9ClFNO4. The number of ether oxygens (including phenoxy) is 2. The highest BCUT2D eigenvalue weighted by molar-refractivity contribution is 6.31. The van der Waals surface area contributed by atoms with Crippen molar-refractivity contribution in [1.29, 1.82) is 0 Å². The van der Waals surface area contributed by atoms with Gasteiger partial charge in [-0.2, -0.15) is 0 Å². The van der Waals surface area contributed by atoms with Crippen molar-refractivity contribution in [2.45, 2.75) is 12.5 Å². The van der Waals surface area contributed by atoms with Crippen LogP contribution in [0.3, 0.4) is 0 Å². The van der Waals surface area contributed by atoms with Gasteiger partial charge in [-0.3, -0.25) is 4.79 Å². The molecule has 7 heteroatoms. The van der Waals surface area contributed by atoms with Gasteiger partial charge in [0.15, 0.2) is 11.5 Å². The van der Waals surface area contributed by atoms with Crippen LogP contribution in [0.15, 0.2) is 6.07 Å². The van der Waals surface area contributed by atoms with Gasteiger partial charge in [-0.25, -0.2) is 4.39 Å². The lowest BCUT2D eigenvalue weighted by Crippen LogP contribution is -2.32. The molecule has 3 N–H and O–H groups in total. The van der Waals surface area contributed by atoms with Gasteiger partial charge in [-0.05, 0) is 0 Å². The molecule has 1 unspecified atom stereocenters. The fourth-order valence-corrected chi connectivity index (χ4v) is 1.76. The average Bonchev–Trinajstić information content (AvgIpc) is 2.71. The normalized spacial score (nSPS) is 14.8. The molecule has 1 atom stereocenters. The summed E-state index contributed by atoms with van der Waals surface area (Å²) in [5.41, 5.74) is 5.38. The van der Waals surface area contributed by atoms with Gasteiger partial charge in [0, 0.05) is 18.1 Å². The van der Waals surface area contributed by atoms with Gasteiger partial charge in [0.2, 0.25) is 6.79 Å². The second-order valence-corrected chi connectivity index (χ2v) is 3.94. The van der Waals surface area contributed by atoms with Crippen molar-refractivity contribution in [1.82, 2.24) is 0 Å². The van der Waals surface area contributed by atoms with Crippen molar-refractivity contribution in [3.63, 3.8) is 0 Å². The number of fused-ring (bicyclic) bond motifs is 1. The minimum absolute atomic E-state index is 0.0277. The molecule has 1 aromatic carbocycles. The first-order valence-corrected chi connectivity index (χ1v) is 5.13. The van der Waals surface area contributed by atoms with E-state index in [1.54, 1.807) is 0 Å². The number of carbonyl (C=O) groups is 1. The Morgan fingerprint density at radius 2 is 2.35 bits per heavy atom. The maximum absolute atomic E-state index is 13.8. The molecule has 0 aliphatic carbocycles. The summed E-state index contributed by atoms with van der Waals surface area (Å²) in [7, 11) is 0. The summed E-state index contributed by atoms with van der Waals surface area (Å²) in [5.74, 6) is -1.49. The minimum atomic E-state index is -1.23. The quantitative estimate of drug-likeness (QED) is 0.853. The first-order chi connectivity index (χ1) is 8.00. The van der Waals surface area contributed by atoms with Crippen LogP contribution >= 0.6 is 11.6 Å². The van der Waals surface area contributed by atoms with Crippen LogP contribution in [0.4, 0.5) is 4.39 Å². The Hall–Kier alpha value is -1.53. The average molecular weight is 262 g/mol. The summed E-state index contributed by atoms with van der Waals surface area (Å²) in [5, 5.41) is 8.55. The summed E-state index contributed by atoms with van der Waals surface area (Å²) in [6, 6.07) is 0.0610. The molecule has 5 nitrogen and oxygen atoms in total. The number of carboxylic acids is 1. The highest BCUT2D eigenvalue weighted by Crippen LogP contribution is 2.40. The first kappa shape index (κ1) is 11.9. The molecule has 1 aliphatic heterocycles. The van der Waals surface area contributed by atoms with Crippen LogP contribution < -0.4 is 15.2 Å². The molecule has 92 valence electrons. The van der Waals surface area contributed by atoms with E-state index in [1.165, 1.54) is 6.07 Å². The molecule has 2 rings (SSSR count). The number of hydrogen-bond acceptors (Lipinski definition) is 4. The molecule has 0 bridgehead atoms. The van der Waals surface area contributed by atoms with Crippen LogP contribution in [0.2, 0.25) is 5.02 Å². The Morgan fingerprint density at radius 3 is 3.00 bits per heavy atom. The van der Waals surface area contributed by atoms with Crippen LogP contribution in [-0.4, -0.2) is 23.9 Å². The molecule has 0 aromatic heterocycles. The van der Waals surface area contributed by atoms with E-state index >= 15 is 0 Å². The molecule has 0 radical (unpaired) electrons. The molecule has 0 saturated heterocycles. The summed E-state index contributed by atoms with van der Waals surface area (Å²) in [6.07, 6.45) is -0.215. The lowest BCUT2D eigenvalue weighted by Gasteiger charge is -2.11. The smallest absolute Gasteiger partial charge is 0.320 e. The van der Waals surface area contributed by atoms with Gasteiger partial charge < -0.3 is 20.3 Å². The highest BCUT2D eigenvalue weighted by Gasteiger charge is 2.26. The third-order valence-electron chi connectivity index (χ3n) is 2.39. The zero-order valence-corrected chi connectivity index (χ0v) is 9.33. The van der Waals surface area contributed by atoms with Crippen molar-refractivity contribution in [3.05, 3.63) is 22.5 Å². The Balaban J connectivity index is 2.42. The van der Waals surface area contributed by atoms with E-state index in [0.717, 1.165) is 0 Å². The van der Waals surface area contributed by atoms with Crippen molar-refractivity contribution < 1.29 is 23.8 Å². The Morgan fingerprint density at radius 1 is 1.65 bits per heavy atom. The summed E-state index contributed by atoms with van der Waals surface area (Å²) < 4.78 is 23.9. The van der Waals surface area contributed by atoms with Crippen LogP contribution in [0, 0.1) is 5.82 Å². The van der Waals surface area contributed by atoms with Crippen LogP contribution in [0.25, 0.3) is 0 Å². The Bertz CT molecular complexity index is 480. The summed E-state index contributed by atoms with van der Waals surface area (Å²) in [6.45, 7) is -0.0512. The van der Waals surface area contributed by atoms with E-state index < -0.39 is 17.8 Å². The molecule has 0 amide bonds. The fraction of sp³-hybridized carbons (Fsp3) is 0.300. The minimum Gasteiger partial charge on any atom is -0.480 e. The third kappa shape index (κ3) is 2.13. The molecular weight excluding hydrogens is 253 g/mol. The van der Waals surface area contributed by atoms with Crippen molar-refractivity contribution in [2.75, 3.05) is 6.79 Å². The van der Waals surface area contributed by atoms with Gasteiger partial charge >= 0.3 is 5.97 Å². The van der Waals surface area contributed by atoms with Gasteiger partial charge in [0.1, 0.15) is 11.9 Å². The highest BCUT2D eigenvalue weighted by atomic mass is 35.5. The zero-order valence-electron chi connectivity index (χ0n) is 8.57. The number of benzene rings is 1. The molecule has 1 aromatic rings. The van der Waals surface area contributed by atoms with E-state index in [0.29, 0.717) is 5.75 Å². The predicted molar refractivity (Wildman–Crippen MR) is 56.8 cm³/mol. The fourth-order valence-electron chi connectivity index (χ4n) is 1.54. The molecule has 0 saturated carbocycles. The topological polar surface area (TPSA) is 81.8 Å². The maximum Gasteiger partial charge on any atom is 0.320 e. The number of nitrogens with two attached hydrogens (primary N) is 1. The number of halogens is 2. The first-order valence-electron chi connectivity index (χ1n) is 4.75. The number of rotatable bonds is 3. The lowest BCUT2D eigenvalue weighted by atomic mass is 10.0. The standard InChI is InChI=1S/C10H9ClFNO4/c11-5-2-7-9(17-3-16-7)4(8(5)12)1-6(13)10(14)15/h2,6H,1,3,13H2,(H,14,15). The van der Waals surface area contributed by atoms with Crippen LogP contribution in [0.1, 0.15) is 5.56 Å². The lowest BCUT2D eigenvalue weighted by molar-refractivity contribution is -0.138. The number of aliphatic carboxylic acids is 1. The summed E-state index contributed by atoms with van der Waals surface area (Å²) >= 11 is 5.66. The Kier molecular flexibility index (Phi) is 3.08. The van der Waals surface area contributed by atoms with Gasteiger partial charge in [0.25, 0.3) is 0 Å².